The molecule has 2 N–H and O–H groups in total. The number of amides is 1. The molecule has 6 nitrogen and oxygen atoms in total. The van der Waals surface area contributed by atoms with Gasteiger partial charge >= 0.3 is 0 Å². The van der Waals surface area contributed by atoms with Crippen LogP contribution in [0.4, 0.5) is 0 Å². The molecule has 1 fully saturated rings. The van der Waals surface area contributed by atoms with Crippen molar-refractivity contribution in [3.63, 3.8) is 0 Å². The first-order valence-corrected chi connectivity index (χ1v) is 9.51. The Morgan fingerprint density at radius 2 is 2.04 bits per heavy atom. The summed E-state index contributed by atoms with van der Waals surface area (Å²) >= 11 is 0. The molecule has 128 valence electrons. The van der Waals surface area contributed by atoms with Crippen LogP contribution in [0.3, 0.4) is 0 Å². The number of carbonyl (C=O) groups is 1. The average molecular weight is 339 g/mol. The third kappa shape index (κ3) is 3.57. The molecule has 0 saturated carbocycles. The van der Waals surface area contributed by atoms with Gasteiger partial charge in [-0.05, 0) is 31.0 Å². The van der Waals surface area contributed by atoms with Crippen molar-refractivity contribution in [3.05, 3.63) is 29.8 Å². The van der Waals surface area contributed by atoms with Gasteiger partial charge in [-0.25, -0.2) is 8.42 Å². The van der Waals surface area contributed by atoms with Gasteiger partial charge in [-0.3, -0.25) is 4.79 Å². The predicted octanol–water partition coefficient (Wildman–Crippen LogP) is 1.28. The Morgan fingerprint density at radius 3 is 2.65 bits per heavy atom. The molecule has 2 rings (SSSR count). The molecule has 1 aliphatic rings. The Balaban J connectivity index is 2.31. The Morgan fingerprint density at radius 1 is 1.35 bits per heavy atom. The third-order valence-corrected chi connectivity index (χ3v) is 6.38. The van der Waals surface area contributed by atoms with Crippen molar-refractivity contribution in [2.75, 3.05) is 26.2 Å². The monoisotopic (exact) mass is 339 g/mol. The van der Waals surface area contributed by atoms with Crippen LogP contribution in [0.25, 0.3) is 0 Å². The maximum atomic E-state index is 12.7. The number of rotatable bonds is 6. The largest absolute Gasteiger partial charge is 0.334 e. The molecule has 0 aromatic heterocycles. The van der Waals surface area contributed by atoms with Gasteiger partial charge < -0.3 is 10.6 Å². The van der Waals surface area contributed by atoms with Gasteiger partial charge in [-0.1, -0.05) is 19.9 Å². The summed E-state index contributed by atoms with van der Waals surface area (Å²) in [7, 11) is -3.56. The molecule has 1 amide bonds. The minimum Gasteiger partial charge on any atom is -0.334 e. The lowest BCUT2D eigenvalue weighted by atomic mass is 10.1. The van der Waals surface area contributed by atoms with Crippen LogP contribution in [-0.2, 0) is 10.0 Å². The summed E-state index contributed by atoms with van der Waals surface area (Å²) in [6.45, 7) is 5.51. The van der Waals surface area contributed by atoms with E-state index in [1.807, 2.05) is 0 Å². The summed E-state index contributed by atoms with van der Waals surface area (Å²) in [4.78, 5) is 14.6. The topological polar surface area (TPSA) is 83.7 Å². The van der Waals surface area contributed by atoms with E-state index in [1.54, 1.807) is 30.9 Å². The van der Waals surface area contributed by atoms with Crippen molar-refractivity contribution in [1.82, 2.24) is 9.21 Å². The zero-order valence-corrected chi connectivity index (χ0v) is 14.6. The molecule has 1 aromatic rings. The van der Waals surface area contributed by atoms with Crippen LogP contribution < -0.4 is 5.73 Å². The third-order valence-electron chi connectivity index (χ3n) is 4.33. The fourth-order valence-electron chi connectivity index (χ4n) is 3.02. The molecule has 1 aliphatic heterocycles. The molecule has 7 heteroatoms. The summed E-state index contributed by atoms with van der Waals surface area (Å²) < 4.78 is 26.6. The van der Waals surface area contributed by atoms with Gasteiger partial charge in [0.15, 0.2) is 0 Å². The van der Waals surface area contributed by atoms with E-state index in [2.05, 4.69) is 0 Å². The maximum Gasteiger partial charge on any atom is 0.254 e. The van der Waals surface area contributed by atoms with Gasteiger partial charge in [0.05, 0.1) is 4.90 Å². The number of hydrogen-bond donors (Lipinski definition) is 1. The minimum absolute atomic E-state index is 0.0468. The Hall–Kier alpha value is -1.44. The van der Waals surface area contributed by atoms with Crippen molar-refractivity contribution < 1.29 is 13.2 Å². The first-order chi connectivity index (χ1) is 11.0. The van der Waals surface area contributed by atoms with Crippen molar-refractivity contribution in [2.24, 2.45) is 5.73 Å². The van der Waals surface area contributed by atoms with Crippen LogP contribution in [0.15, 0.2) is 29.2 Å². The van der Waals surface area contributed by atoms with Crippen LogP contribution in [0.5, 0.6) is 0 Å². The van der Waals surface area contributed by atoms with Crippen LogP contribution in [0.2, 0.25) is 0 Å². The molecule has 1 saturated heterocycles. The lowest BCUT2D eigenvalue weighted by Crippen LogP contribution is -2.40. The molecular formula is C16H25N3O3S. The van der Waals surface area contributed by atoms with E-state index in [9.17, 15) is 13.2 Å². The maximum absolute atomic E-state index is 12.7. The summed E-state index contributed by atoms with van der Waals surface area (Å²) in [6.07, 6.45) is 1.84. The number of benzene rings is 1. The van der Waals surface area contributed by atoms with Crippen LogP contribution in [0, 0.1) is 0 Å². The van der Waals surface area contributed by atoms with E-state index in [0.29, 0.717) is 31.7 Å². The number of likely N-dealkylation sites (tertiary alicyclic amines) is 1. The Bertz CT molecular complexity index is 656. The van der Waals surface area contributed by atoms with E-state index >= 15 is 0 Å². The number of hydrogen-bond acceptors (Lipinski definition) is 4. The highest BCUT2D eigenvalue weighted by Crippen LogP contribution is 2.22. The summed E-state index contributed by atoms with van der Waals surface area (Å²) in [5, 5.41) is 0. The SMILES string of the molecule is CCN(CC)S(=O)(=O)c1cccc(C(=O)N2CCCC2CN)c1. The second-order valence-electron chi connectivity index (χ2n) is 5.65. The molecule has 0 bridgehead atoms. The minimum atomic E-state index is -3.56. The molecule has 1 atom stereocenters. The second-order valence-corrected chi connectivity index (χ2v) is 7.59. The fourth-order valence-corrected chi connectivity index (χ4v) is 4.52. The summed E-state index contributed by atoms with van der Waals surface area (Å²) in [6, 6.07) is 6.34. The molecule has 0 spiro atoms. The lowest BCUT2D eigenvalue weighted by Gasteiger charge is -2.24. The van der Waals surface area contributed by atoms with Crippen LogP contribution in [0.1, 0.15) is 37.0 Å². The van der Waals surface area contributed by atoms with E-state index in [-0.39, 0.29) is 16.8 Å². The van der Waals surface area contributed by atoms with E-state index in [1.165, 1.54) is 16.4 Å². The van der Waals surface area contributed by atoms with Crippen molar-refractivity contribution in [3.8, 4) is 0 Å². The van der Waals surface area contributed by atoms with Crippen LogP contribution >= 0.6 is 0 Å². The predicted molar refractivity (Wildman–Crippen MR) is 89.7 cm³/mol. The smallest absolute Gasteiger partial charge is 0.254 e. The van der Waals surface area contributed by atoms with Gasteiger partial charge in [0, 0.05) is 37.8 Å². The Kier molecular flexibility index (Phi) is 5.78. The number of nitrogens with zero attached hydrogens (tertiary/aromatic N) is 2. The van der Waals surface area contributed by atoms with E-state index < -0.39 is 10.0 Å². The second kappa shape index (κ2) is 7.42. The first kappa shape index (κ1) is 17.9. The molecule has 1 aromatic carbocycles. The molecule has 1 heterocycles. The first-order valence-electron chi connectivity index (χ1n) is 8.06. The number of carbonyl (C=O) groups excluding carboxylic acids is 1. The molecule has 1 unspecified atom stereocenters. The molecular weight excluding hydrogens is 314 g/mol. The van der Waals surface area contributed by atoms with Gasteiger partial charge in [-0.2, -0.15) is 4.31 Å². The summed E-state index contributed by atoms with van der Waals surface area (Å²) in [5.41, 5.74) is 6.12. The quantitative estimate of drug-likeness (QED) is 0.846. The zero-order valence-electron chi connectivity index (χ0n) is 13.7. The molecule has 23 heavy (non-hydrogen) atoms. The lowest BCUT2D eigenvalue weighted by molar-refractivity contribution is 0.0741. The van der Waals surface area contributed by atoms with Gasteiger partial charge in [-0.15, -0.1) is 0 Å². The molecule has 0 radical (unpaired) electrons. The van der Waals surface area contributed by atoms with Gasteiger partial charge in [0.1, 0.15) is 0 Å². The van der Waals surface area contributed by atoms with E-state index in [0.717, 1.165) is 12.8 Å². The molecule has 0 aliphatic carbocycles. The highest BCUT2D eigenvalue weighted by Gasteiger charge is 2.29. The van der Waals surface area contributed by atoms with Crippen molar-refractivity contribution >= 4 is 15.9 Å². The van der Waals surface area contributed by atoms with Gasteiger partial charge in [0.25, 0.3) is 5.91 Å². The summed E-state index contributed by atoms with van der Waals surface area (Å²) in [5.74, 6) is -0.144. The van der Waals surface area contributed by atoms with Gasteiger partial charge in [0.2, 0.25) is 10.0 Å². The number of sulfonamides is 1. The standard InChI is InChI=1S/C16H25N3O3S/c1-3-18(4-2)23(21,22)15-9-5-7-13(11-15)16(20)19-10-6-8-14(19)12-17/h5,7,9,11,14H,3-4,6,8,10,12,17H2,1-2H3. The highest BCUT2D eigenvalue weighted by atomic mass is 32.2. The highest BCUT2D eigenvalue weighted by molar-refractivity contribution is 7.89. The number of nitrogens with two attached hydrogens (primary N) is 1. The Labute approximate surface area is 138 Å². The van der Waals surface area contributed by atoms with Crippen LogP contribution in [-0.4, -0.2) is 55.8 Å². The fraction of sp³-hybridized carbons (Fsp3) is 0.562. The average Bonchev–Trinajstić information content (AvgIpc) is 3.03. The normalized spacial score (nSPS) is 18.6. The van der Waals surface area contributed by atoms with E-state index in [4.69, 9.17) is 5.73 Å². The zero-order chi connectivity index (χ0) is 17.0. The van der Waals surface area contributed by atoms with Crippen molar-refractivity contribution in [1.29, 1.82) is 0 Å². The van der Waals surface area contributed by atoms with Crippen molar-refractivity contribution in [2.45, 2.75) is 37.6 Å².